The van der Waals surface area contributed by atoms with E-state index >= 15 is 0 Å². The second-order valence-electron chi connectivity index (χ2n) is 4.85. The molecule has 1 heterocycles. The fourth-order valence-electron chi connectivity index (χ4n) is 1.82. The van der Waals surface area contributed by atoms with Gasteiger partial charge in [0.05, 0.1) is 31.1 Å². The Hall–Kier alpha value is -1.98. The van der Waals surface area contributed by atoms with Crippen LogP contribution in [0.15, 0.2) is 29.6 Å². The minimum atomic E-state index is -4.00. The minimum Gasteiger partial charge on any atom is -0.494 e. The summed E-state index contributed by atoms with van der Waals surface area (Å²) >= 11 is 5.90. The maximum absolute atomic E-state index is 12.3. The summed E-state index contributed by atoms with van der Waals surface area (Å²) in [4.78, 5) is 3.75. The van der Waals surface area contributed by atoms with E-state index in [1.807, 2.05) is 0 Å². The maximum Gasteiger partial charge on any atom is 0.282 e. The molecule has 9 nitrogen and oxygen atoms in total. The van der Waals surface area contributed by atoms with Crippen LogP contribution in [-0.2, 0) is 27.1 Å². The maximum atomic E-state index is 12.3. The smallest absolute Gasteiger partial charge is 0.282 e. The Kier molecular flexibility index (Phi) is 4.97. The second kappa shape index (κ2) is 6.49. The first-order valence-electron chi connectivity index (χ1n) is 6.39. The van der Waals surface area contributed by atoms with Crippen molar-refractivity contribution in [3.63, 3.8) is 0 Å². The van der Waals surface area contributed by atoms with E-state index in [0.29, 0.717) is 0 Å². The van der Waals surface area contributed by atoms with Gasteiger partial charge >= 0.3 is 0 Å². The standard InChI is InChI=1S/C12H15ClN4O5S2/c1-17-7-14-12(11(17)13)24(20,21)15-8-4-5-9(10(6-8)22-2)16-23(3,18)19/h4-7,15-16H,1-3H3. The highest BCUT2D eigenvalue weighted by atomic mass is 35.5. The quantitative estimate of drug-likeness (QED) is 0.761. The van der Waals surface area contributed by atoms with Crippen LogP contribution in [0.3, 0.4) is 0 Å². The number of benzene rings is 1. The van der Waals surface area contributed by atoms with Crippen LogP contribution in [0.4, 0.5) is 11.4 Å². The predicted molar refractivity (Wildman–Crippen MR) is 90.5 cm³/mol. The topological polar surface area (TPSA) is 119 Å². The van der Waals surface area contributed by atoms with Crippen molar-refractivity contribution >= 4 is 43.0 Å². The van der Waals surface area contributed by atoms with Gasteiger partial charge in [0.25, 0.3) is 10.0 Å². The average Bonchev–Trinajstić information content (AvgIpc) is 2.79. The van der Waals surface area contributed by atoms with Crippen LogP contribution in [0, 0.1) is 0 Å². The number of aryl methyl sites for hydroxylation is 1. The minimum absolute atomic E-state index is 0.0372. The van der Waals surface area contributed by atoms with Crippen LogP contribution < -0.4 is 14.2 Å². The van der Waals surface area contributed by atoms with Gasteiger partial charge in [-0.15, -0.1) is 0 Å². The van der Waals surface area contributed by atoms with Crippen molar-refractivity contribution in [2.45, 2.75) is 5.03 Å². The fourth-order valence-corrected chi connectivity index (χ4v) is 3.87. The lowest BCUT2D eigenvalue weighted by Crippen LogP contribution is -2.15. The molecule has 0 bridgehead atoms. The molecular weight excluding hydrogens is 380 g/mol. The SMILES string of the molecule is COc1cc(NS(=O)(=O)c2ncn(C)c2Cl)ccc1NS(C)(=O)=O. The molecule has 1 aromatic carbocycles. The molecule has 0 radical (unpaired) electrons. The lowest BCUT2D eigenvalue weighted by molar-refractivity contribution is 0.417. The van der Waals surface area contributed by atoms with Gasteiger partial charge < -0.3 is 9.30 Å². The average molecular weight is 395 g/mol. The molecule has 0 aliphatic carbocycles. The van der Waals surface area contributed by atoms with Crippen LogP contribution in [-0.4, -0.2) is 39.8 Å². The van der Waals surface area contributed by atoms with Crippen molar-refractivity contribution in [2.75, 3.05) is 22.8 Å². The molecule has 2 aromatic rings. The number of halogens is 1. The summed E-state index contributed by atoms with van der Waals surface area (Å²) < 4.78 is 58.3. The summed E-state index contributed by atoms with van der Waals surface area (Å²) in [6, 6.07) is 4.09. The van der Waals surface area contributed by atoms with Crippen LogP contribution in [0.1, 0.15) is 0 Å². The Bertz CT molecular complexity index is 969. The van der Waals surface area contributed by atoms with Gasteiger partial charge in [0.1, 0.15) is 10.9 Å². The Labute approximate surface area is 144 Å². The highest BCUT2D eigenvalue weighted by molar-refractivity contribution is 7.92. The zero-order valence-electron chi connectivity index (χ0n) is 12.9. The third-order valence-corrected chi connectivity index (χ3v) is 5.30. The van der Waals surface area contributed by atoms with Crippen molar-refractivity contribution in [3.05, 3.63) is 29.7 Å². The van der Waals surface area contributed by atoms with Crippen LogP contribution in [0.25, 0.3) is 0 Å². The van der Waals surface area contributed by atoms with Gasteiger partial charge in [-0.3, -0.25) is 9.44 Å². The molecule has 0 aliphatic heterocycles. The molecule has 0 amide bonds. The van der Waals surface area contributed by atoms with Crippen LogP contribution in [0.5, 0.6) is 5.75 Å². The van der Waals surface area contributed by atoms with Crippen LogP contribution >= 0.6 is 11.6 Å². The number of hydrogen-bond donors (Lipinski definition) is 2. The van der Waals surface area contributed by atoms with E-state index in [9.17, 15) is 16.8 Å². The summed E-state index contributed by atoms with van der Waals surface area (Å²) in [5, 5.41) is -0.353. The molecule has 12 heteroatoms. The van der Waals surface area contributed by atoms with Crippen molar-refractivity contribution in [1.29, 1.82) is 0 Å². The number of ether oxygens (including phenoxy) is 1. The molecule has 0 saturated carbocycles. The lowest BCUT2D eigenvalue weighted by Gasteiger charge is -2.12. The Morgan fingerprint density at radius 2 is 1.88 bits per heavy atom. The van der Waals surface area contributed by atoms with E-state index in [1.165, 1.54) is 36.2 Å². The number of sulfonamides is 2. The van der Waals surface area contributed by atoms with Gasteiger partial charge in [-0.05, 0) is 12.1 Å². The first-order chi connectivity index (χ1) is 11.0. The second-order valence-corrected chi connectivity index (χ2v) is 8.55. The first-order valence-corrected chi connectivity index (χ1v) is 10.1. The summed E-state index contributed by atoms with van der Waals surface area (Å²) in [7, 11) is -4.62. The molecule has 0 fully saturated rings. The monoisotopic (exact) mass is 394 g/mol. The first kappa shape index (κ1) is 18.4. The molecule has 0 atom stereocenters. The third-order valence-electron chi connectivity index (χ3n) is 2.84. The molecule has 0 unspecified atom stereocenters. The van der Waals surface area contributed by atoms with Crippen molar-refractivity contribution in [3.8, 4) is 5.75 Å². The number of nitrogens with one attached hydrogen (secondary N) is 2. The fraction of sp³-hybridized carbons (Fsp3) is 0.250. The van der Waals surface area contributed by atoms with Crippen molar-refractivity contribution < 1.29 is 21.6 Å². The van der Waals surface area contributed by atoms with Crippen LogP contribution in [0.2, 0.25) is 5.15 Å². The van der Waals surface area contributed by atoms with E-state index in [4.69, 9.17) is 16.3 Å². The van der Waals surface area contributed by atoms with Gasteiger partial charge in [0.2, 0.25) is 15.0 Å². The number of anilines is 2. The summed E-state index contributed by atoms with van der Waals surface area (Å²) in [5.41, 5.74) is 0.339. The van der Waals surface area contributed by atoms with E-state index in [-0.39, 0.29) is 27.3 Å². The molecular formula is C12H15ClN4O5S2. The molecule has 0 spiro atoms. The number of methoxy groups -OCH3 is 1. The molecule has 2 rings (SSSR count). The largest absolute Gasteiger partial charge is 0.494 e. The highest BCUT2D eigenvalue weighted by Gasteiger charge is 2.23. The van der Waals surface area contributed by atoms with Crippen molar-refractivity contribution in [1.82, 2.24) is 9.55 Å². The Morgan fingerprint density at radius 1 is 1.21 bits per heavy atom. The van der Waals surface area contributed by atoms with Crippen molar-refractivity contribution in [2.24, 2.45) is 7.05 Å². The van der Waals surface area contributed by atoms with Gasteiger partial charge in [-0.1, -0.05) is 11.6 Å². The predicted octanol–water partition coefficient (Wildman–Crippen LogP) is 1.25. The van der Waals surface area contributed by atoms with E-state index in [1.54, 1.807) is 7.05 Å². The Balaban J connectivity index is 2.35. The molecule has 2 N–H and O–H groups in total. The number of aromatic nitrogens is 2. The Morgan fingerprint density at radius 3 is 2.38 bits per heavy atom. The number of imidazole rings is 1. The van der Waals surface area contributed by atoms with E-state index in [0.717, 1.165) is 6.26 Å². The number of hydrogen-bond acceptors (Lipinski definition) is 6. The third kappa shape index (κ3) is 4.10. The lowest BCUT2D eigenvalue weighted by atomic mass is 10.2. The van der Waals surface area contributed by atoms with Gasteiger partial charge in [0.15, 0.2) is 0 Å². The normalized spacial score (nSPS) is 12.0. The summed E-state index contributed by atoms with van der Waals surface area (Å²) in [6.07, 6.45) is 2.27. The zero-order chi connectivity index (χ0) is 18.1. The van der Waals surface area contributed by atoms with E-state index in [2.05, 4.69) is 14.4 Å². The summed E-state index contributed by atoms with van der Waals surface area (Å²) in [6.45, 7) is 0. The number of rotatable bonds is 6. The summed E-state index contributed by atoms with van der Waals surface area (Å²) in [5.74, 6) is 0.146. The molecule has 0 saturated heterocycles. The molecule has 24 heavy (non-hydrogen) atoms. The van der Waals surface area contributed by atoms with Gasteiger partial charge in [0, 0.05) is 13.1 Å². The van der Waals surface area contributed by atoms with Gasteiger partial charge in [-0.25, -0.2) is 13.4 Å². The molecule has 0 aliphatic rings. The zero-order valence-corrected chi connectivity index (χ0v) is 15.3. The number of nitrogens with zero attached hydrogens (tertiary/aromatic N) is 2. The molecule has 132 valence electrons. The highest BCUT2D eigenvalue weighted by Crippen LogP contribution is 2.30. The van der Waals surface area contributed by atoms with E-state index < -0.39 is 20.0 Å². The molecule has 1 aromatic heterocycles. The van der Waals surface area contributed by atoms with Gasteiger partial charge in [-0.2, -0.15) is 8.42 Å².